The molecule has 5 nitrogen and oxygen atoms in total. The molecule has 0 bridgehead atoms. The number of ether oxygens (including phenoxy) is 1. The fraction of sp³-hybridized carbons (Fsp3) is 0.231. The van der Waals surface area contributed by atoms with Gasteiger partial charge in [-0.25, -0.2) is 0 Å². The van der Waals surface area contributed by atoms with Crippen LogP contribution in [0.25, 0.3) is 11.8 Å². The summed E-state index contributed by atoms with van der Waals surface area (Å²) in [5.74, 6) is 0.620. The van der Waals surface area contributed by atoms with Crippen molar-refractivity contribution in [2.24, 2.45) is 0 Å². The maximum absolute atomic E-state index is 13.4. The largest absolute Gasteiger partial charge is 0.494 e. The molecule has 0 aliphatic carbocycles. The Hall–Kier alpha value is -2.90. The molecule has 1 amide bonds. The van der Waals surface area contributed by atoms with Gasteiger partial charge in [0, 0.05) is 28.6 Å². The van der Waals surface area contributed by atoms with Crippen LogP contribution < -0.4 is 9.64 Å². The molecule has 7 heteroatoms. The molecule has 1 aliphatic heterocycles. The molecule has 1 aliphatic rings. The van der Waals surface area contributed by atoms with Gasteiger partial charge in [0.05, 0.1) is 12.3 Å². The maximum Gasteiger partial charge on any atom is 0.281 e. The summed E-state index contributed by atoms with van der Waals surface area (Å²) in [6.45, 7) is 8.75. The third kappa shape index (κ3) is 4.23. The van der Waals surface area contributed by atoms with Gasteiger partial charge in [-0.15, -0.1) is 0 Å². The lowest BCUT2D eigenvalue weighted by atomic mass is 10.2. The monoisotopic (exact) mass is 523 g/mol. The van der Waals surface area contributed by atoms with E-state index in [1.165, 1.54) is 5.56 Å². The van der Waals surface area contributed by atoms with Gasteiger partial charge in [-0.2, -0.15) is 0 Å². The van der Waals surface area contributed by atoms with Gasteiger partial charge in [0.1, 0.15) is 11.4 Å². The first kappa shape index (κ1) is 23.3. The number of carbonyl (C=O) groups excluding carboxylic acids is 1. The van der Waals surface area contributed by atoms with Gasteiger partial charge in [0.15, 0.2) is 5.11 Å². The fourth-order valence-electron chi connectivity index (χ4n) is 4.09. The third-order valence-corrected chi connectivity index (χ3v) is 7.18. The summed E-state index contributed by atoms with van der Waals surface area (Å²) >= 11 is 9.19. The molecule has 0 spiro atoms. The lowest BCUT2D eigenvalue weighted by molar-refractivity contribution is -0.114. The van der Waals surface area contributed by atoms with Gasteiger partial charge in [0.2, 0.25) is 0 Å². The Balaban J connectivity index is 1.70. The summed E-state index contributed by atoms with van der Waals surface area (Å²) in [6.07, 6.45) is 1.92. The highest BCUT2D eigenvalue weighted by Crippen LogP contribution is 2.31. The average Bonchev–Trinajstić information content (AvgIpc) is 3.18. The zero-order chi connectivity index (χ0) is 23.9. The van der Waals surface area contributed by atoms with E-state index in [9.17, 15) is 4.79 Å². The SMILES string of the molecule is CCOc1ccc(N2C(=O)/C(=C/c3cc(C)n(-c4ccc(Br)c(C)c4)c3C)N(C)C2=S)cc1. The second-order valence-electron chi connectivity index (χ2n) is 8.03. The molecule has 33 heavy (non-hydrogen) atoms. The highest BCUT2D eigenvalue weighted by molar-refractivity contribution is 9.10. The zero-order valence-corrected chi connectivity index (χ0v) is 21.8. The summed E-state index contributed by atoms with van der Waals surface area (Å²) in [6, 6.07) is 15.8. The standard InChI is InChI=1S/C26H26BrN3O2S/c1-6-32-22-10-7-20(8-11-22)30-25(31)24(28(5)26(30)33)15-19-14-17(3)29(18(19)4)21-9-12-23(27)16(2)13-21/h7-15H,6H2,1-5H3/b24-15-. The minimum Gasteiger partial charge on any atom is -0.494 e. The van der Waals surface area contributed by atoms with Crippen molar-refractivity contribution in [3.63, 3.8) is 0 Å². The van der Waals surface area contributed by atoms with Crippen LogP contribution in [0.2, 0.25) is 0 Å². The molecule has 0 N–H and O–H groups in total. The van der Waals surface area contributed by atoms with E-state index in [2.05, 4.69) is 65.5 Å². The van der Waals surface area contributed by atoms with Gasteiger partial charge >= 0.3 is 0 Å². The van der Waals surface area contributed by atoms with E-state index < -0.39 is 0 Å². The normalized spacial score (nSPS) is 15.2. The van der Waals surface area contributed by atoms with Crippen molar-refractivity contribution < 1.29 is 9.53 Å². The number of amides is 1. The predicted octanol–water partition coefficient (Wildman–Crippen LogP) is 6.17. The zero-order valence-electron chi connectivity index (χ0n) is 19.3. The van der Waals surface area contributed by atoms with Crippen molar-refractivity contribution in [3.05, 3.63) is 81.2 Å². The Kier molecular flexibility index (Phi) is 6.45. The second kappa shape index (κ2) is 9.15. The van der Waals surface area contributed by atoms with E-state index in [1.54, 1.807) is 9.80 Å². The molecule has 170 valence electrons. The minimum absolute atomic E-state index is 0.143. The van der Waals surface area contributed by atoms with Crippen LogP contribution in [0.5, 0.6) is 5.75 Å². The Morgan fingerprint density at radius 1 is 1.03 bits per heavy atom. The molecule has 0 atom stereocenters. The Morgan fingerprint density at radius 2 is 1.70 bits per heavy atom. The number of carbonyl (C=O) groups is 1. The number of nitrogens with zero attached hydrogens (tertiary/aromatic N) is 3. The lowest BCUT2D eigenvalue weighted by Gasteiger charge is -2.16. The van der Waals surface area contributed by atoms with E-state index in [4.69, 9.17) is 17.0 Å². The Labute approximate surface area is 208 Å². The summed E-state index contributed by atoms with van der Waals surface area (Å²) in [5.41, 5.74) is 6.67. The summed E-state index contributed by atoms with van der Waals surface area (Å²) in [5, 5.41) is 0.452. The Bertz CT molecular complexity index is 1280. The molecule has 2 aromatic carbocycles. The number of aryl methyl sites for hydroxylation is 2. The van der Waals surface area contributed by atoms with Gasteiger partial charge in [0.25, 0.3) is 5.91 Å². The van der Waals surface area contributed by atoms with Crippen molar-refractivity contribution >= 4 is 50.9 Å². The molecule has 3 aromatic rings. The van der Waals surface area contributed by atoms with Gasteiger partial charge in [-0.05, 0) is 106 Å². The lowest BCUT2D eigenvalue weighted by Crippen LogP contribution is -2.31. The average molecular weight is 524 g/mol. The van der Waals surface area contributed by atoms with Crippen molar-refractivity contribution in [2.45, 2.75) is 27.7 Å². The van der Waals surface area contributed by atoms with E-state index >= 15 is 0 Å². The summed E-state index contributed by atoms with van der Waals surface area (Å²) in [7, 11) is 1.83. The van der Waals surface area contributed by atoms with Crippen LogP contribution in [0, 0.1) is 20.8 Å². The quantitative estimate of drug-likeness (QED) is 0.296. The number of thiocarbonyl (C=S) groups is 1. The first-order valence-electron chi connectivity index (χ1n) is 10.7. The predicted molar refractivity (Wildman–Crippen MR) is 141 cm³/mol. The number of aromatic nitrogens is 1. The molecule has 4 rings (SSSR count). The molecule has 0 saturated carbocycles. The highest BCUT2D eigenvalue weighted by atomic mass is 79.9. The minimum atomic E-state index is -0.143. The second-order valence-corrected chi connectivity index (χ2v) is 9.25. The molecular weight excluding hydrogens is 498 g/mol. The van der Waals surface area contributed by atoms with Crippen molar-refractivity contribution in [3.8, 4) is 11.4 Å². The molecule has 0 unspecified atom stereocenters. The van der Waals surface area contributed by atoms with E-state index in [0.29, 0.717) is 17.4 Å². The maximum atomic E-state index is 13.4. The molecule has 2 heterocycles. The van der Waals surface area contributed by atoms with Crippen LogP contribution >= 0.6 is 28.1 Å². The first-order chi connectivity index (χ1) is 15.7. The number of hydrogen-bond donors (Lipinski definition) is 0. The molecule has 1 saturated heterocycles. The van der Waals surface area contributed by atoms with E-state index in [1.807, 2.05) is 44.3 Å². The van der Waals surface area contributed by atoms with Crippen LogP contribution in [0.3, 0.4) is 0 Å². The van der Waals surface area contributed by atoms with Crippen LogP contribution in [-0.4, -0.2) is 34.1 Å². The first-order valence-corrected chi connectivity index (χ1v) is 11.9. The number of hydrogen-bond acceptors (Lipinski definition) is 3. The fourth-order valence-corrected chi connectivity index (χ4v) is 4.62. The van der Waals surface area contributed by atoms with Crippen molar-refractivity contribution in [1.29, 1.82) is 0 Å². The molecule has 0 radical (unpaired) electrons. The number of anilines is 1. The van der Waals surface area contributed by atoms with Crippen LogP contribution in [-0.2, 0) is 4.79 Å². The highest BCUT2D eigenvalue weighted by Gasteiger charge is 2.37. The number of rotatable bonds is 5. The summed E-state index contributed by atoms with van der Waals surface area (Å²) in [4.78, 5) is 16.7. The van der Waals surface area contributed by atoms with Gasteiger partial charge in [-0.1, -0.05) is 15.9 Å². The van der Waals surface area contributed by atoms with Gasteiger partial charge in [-0.3, -0.25) is 9.69 Å². The number of halogens is 1. The van der Waals surface area contributed by atoms with Crippen molar-refractivity contribution in [2.75, 3.05) is 18.6 Å². The van der Waals surface area contributed by atoms with E-state index in [-0.39, 0.29) is 5.91 Å². The number of likely N-dealkylation sites (N-methyl/N-ethyl adjacent to an activating group) is 1. The number of benzene rings is 2. The smallest absolute Gasteiger partial charge is 0.281 e. The topological polar surface area (TPSA) is 37.7 Å². The Morgan fingerprint density at radius 3 is 2.33 bits per heavy atom. The van der Waals surface area contributed by atoms with Crippen LogP contribution in [0.1, 0.15) is 29.4 Å². The van der Waals surface area contributed by atoms with Crippen LogP contribution in [0.15, 0.2) is 58.7 Å². The van der Waals surface area contributed by atoms with Crippen LogP contribution in [0.4, 0.5) is 5.69 Å². The molecule has 1 aromatic heterocycles. The third-order valence-electron chi connectivity index (χ3n) is 5.83. The van der Waals surface area contributed by atoms with Crippen molar-refractivity contribution in [1.82, 2.24) is 9.47 Å². The molecular formula is C26H26BrN3O2S. The summed E-state index contributed by atoms with van der Waals surface area (Å²) < 4.78 is 8.80. The van der Waals surface area contributed by atoms with E-state index in [0.717, 1.165) is 38.5 Å². The van der Waals surface area contributed by atoms with Gasteiger partial charge < -0.3 is 14.2 Å². The molecule has 1 fully saturated rings.